The summed E-state index contributed by atoms with van der Waals surface area (Å²) >= 11 is 0. The van der Waals surface area contributed by atoms with E-state index >= 15 is 0 Å². The Morgan fingerprint density at radius 1 is 1.25 bits per heavy atom. The van der Waals surface area contributed by atoms with Gasteiger partial charge in [-0.15, -0.1) is 0 Å². The smallest absolute Gasteiger partial charge is 0.0392 e. The maximum Gasteiger partial charge on any atom is 0.0392 e. The molecule has 1 radical (unpaired) electrons. The van der Waals surface area contributed by atoms with Gasteiger partial charge in [0.1, 0.15) is 0 Å². The molecule has 1 aromatic carbocycles. The van der Waals surface area contributed by atoms with Crippen LogP contribution in [0.4, 0.5) is 0 Å². The molecular weight excluding hydrogens is 146 g/mol. The molecule has 0 bridgehead atoms. The van der Waals surface area contributed by atoms with Crippen LogP contribution in [0.1, 0.15) is 18.9 Å². The van der Waals surface area contributed by atoms with E-state index in [4.69, 9.17) is 0 Å². The fourth-order valence-electron chi connectivity index (χ4n) is 0.913. The van der Waals surface area contributed by atoms with Gasteiger partial charge in [0.25, 0.3) is 0 Å². The fourth-order valence-corrected chi connectivity index (χ4v) is 0.913. The van der Waals surface area contributed by atoms with Crippen LogP contribution < -0.4 is 0 Å². The van der Waals surface area contributed by atoms with E-state index in [2.05, 4.69) is 30.5 Å². The van der Waals surface area contributed by atoms with Gasteiger partial charge in [0, 0.05) is 12.8 Å². The molecule has 0 heterocycles. The van der Waals surface area contributed by atoms with E-state index in [-0.39, 0.29) is 0 Å². The first kappa shape index (κ1) is 8.98. The van der Waals surface area contributed by atoms with E-state index in [1.807, 2.05) is 24.4 Å². The van der Waals surface area contributed by atoms with Crippen molar-refractivity contribution < 1.29 is 0 Å². The molecule has 0 aliphatic rings. The molecule has 0 saturated heterocycles. The molecule has 0 saturated carbocycles. The number of hydrogen-bond donors (Lipinski definition) is 0. The van der Waals surface area contributed by atoms with Gasteiger partial charge >= 0.3 is 0 Å². The van der Waals surface area contributed by atoms with Crippen molar-refractivity contribution in [2.24, 2.45) is 4.99 Å². The molecule has 1 aromatic rings. The minimum Gasteiger partial charge on any atom is -0.293 e. The van der Waals surface area contributed by atoms with Crippen molar-refractivity contribution in [1.29, 1.82) is 0 Å². The van der Waals surface area contributed by atoms with E-state index < -0.39 is 0 Å². The highest BCUT2D eigenvalue weighted by molar-refractivity contribution is 5.79. The highest BCUT2D eigenvalue weighted by Crippen LogP contribution is 1.94. The third-order valence-electron chi connectivity index (χ3n) is 1.59. The molecule has 0 amide bonds. The largest absolute Gasteiger partial charge is 0.293 e. The Hall–Kier alpha value is -1.11. The van der Waals surface area contributed by atoms with Crippen molar-refractivity contribution in [3.05, 3.63) is 42.3 Å². The Balaban J connectivity index is 2.36. The normalized spacial score (nSPS) is 10.8. The summed E-state index contributed by atoms with van der Waals surface area (Å²) in [5.74, 6) is 0. The predicted octanol–water partition coefficient (Wildman–Crippen LogP) is 2.72. The molecule has 63 valence electrons. The zero-order valence-corrected chi connectivity index (χ0v) is 7.40. The zero-order chi connectivity index (χ0) is 8.65. The first-order valence-electron chi connectivity index (χ1n) is 4.26. The van der Waals surface area contributed by atoms with Crippen LogP contribution in [0.15, 0.2) is 35.3 Å². The fraction of sp³-hybridized carbons (Fsp3) is 0.273. The highest BCUT2D eigenvalue weighted by atomic mass is 14.7. The van der Waals surface area contributed by atoms with Crippen LogP contribution in [-0.2, 0) is 0 Å². The van der Waals surface area contributed by atoms with Crippen LogP contribution >= 0.6 is 0 Å². The number of benzene rings is 1. The third-order valence-corrected chi connectivity index (χ3v) is 1.59. The maximum absolute atomic E-state index is 4.28. The van der Waals surface area contributed by atoms with Gasteiger partial charge in [-0.1, -0.05) is 37.3 Å². The molecule has 0 atom stereocenters. The summed E-state index contributed by atoms with van der Waals surface area (Å²) in [6.45, 7) is 2.95. The van der Waals surface area contributed by atoms with Crippen LogP contribution in [0.2, 0.25) is 0 Å². The highest BCUT2D eigenvalue weighted by Gasteiger charge is 1.82. The van der Waals surface area contributed by atoms with E-state index in [0.717, 1.165) is 13.0 Å². The zero-order valence-electron chi connectivity index (χ0n) is 7.40. The van der Waals surface area contributed by atoms with Gasteiger partial charge in [0.2, 0.25) is 0 Å². The Kier molecular flexibility index (Phi) is 4.14. The molecule has 0 aliphatic heterocycles. The summed E-state index contributed by atoms with van der Waals surface area (Å²) in [6.07, 6.45) is 5.11. The molecule has 0 fully saturated rings. The van der Waals surface area contributed by atoms with Crippen molar-refractivity contribution in [3.8, 4) is 0 Å². The molecule has 0 aliphatic carbocycles. The van der Waals surface area contributed by atoms with Crippen molar-refractivity contribution in [2.45, 2.75) is 13.3 Å². The van der Waals surface area contributed by atoms with E-state index in [1.165, 1.54) is 5.56 Å². The minimum absolute atomic E-state index is 0.894. The molecule has 0 spiro atoms. The summed E-state index contributed by atoms with van der Waals surface area (Å²) in [5, 5.41) is 0. The lowest BCUT2D eigenvalue weighted by Gasteiger charge is -1.91. The first-order chi connectivity index (χ1) is 5.93. The second-order valence-electron chi connectivity index (χ2n) is 2.64. The lowest BCUT2D eigenvalue weighted by atomic mass is 10.2. The maximum atomic E-state index is 4.28. The molecular formula is C11H14N. The molecule has 0 unspecified atom stereocenters. The molecule has 0 aromatic heterocycles. The van der Waals surface area contributed by atoms with Gasteiger partial charge in [-0.25, -0.2) is 0 Å². The van der Waals surface area contributed by atoms with Gasteiger partial charge in [-0.3, -0.25) is 4.99 Å². The number of nitrogens with zero attached hydrogens (tertiary/aromatic N) is 1. The summed E-state index contributed by atoms with van der Waals surface area (Å²) in [5.41, 5.74) is 1.17. The molecule has 12 heavy (non-hydrogen) atoms. The van der Waals surface area contributed by atoms with Crippen molar-refractivity contribution in [2.75, 3.05) is 6.54 Å². The van der Waals surface area contributed by atoms with Crippen molar-refractivity contribution in [3.63, 3.8) is 0 Å². The van der Waals surface area contributed by atoms with E-state index in [1.54, 1.807) is 0 Å². The van der Waals surface area contributed by atoms with E-state index in [0.29, 0.717) is 0 Å². The quantitative estimate of drug-likeness (QED) is 0.474. The van der Waals surface area contributed by atoms with Gasteiger partial charge in [-0.05, 0) is 18.4 Å². The van der Waals surface area contributed by atoms with Gasteiger partial charge in [-0.2, -0.15) is 0 Å². The van der Waals surface area contributed by atoms with Crippen LogP contribution in [-0.4, -0.2) is 12.8 Å². The summed E-state index contributed by atoms with van der Waals surface area (Å²) in [6, 6.07) is 10.2. The monoisotopic (exact) mass is 160 g/mol. The van der Waals surface area contributed by atoms with Crippen LogP contribution in [0.25, 0.3) is 0 Å². The summed E-state index contributed by atoms with van der Waals surface area (Å²) in [7, 11) is 0. The van der Waals surface area contributed by atoms with Crippen LogP contribution in [0.5, 0.6) is 0 Å². The van der Waals surface area contributed by atoms with Gasteiger partial charge < -0.3 is 0 Å². The average molecular weight is 160 g/mol. The topological polar surface area (TPSA) is 12.4 Å². The Bertz CT molecular complexity index is 226. The summed E-state index contributed by atoms with van der Waals surface area (Å²) in [4.78, 5) is 4.28. The number of hydrogen-bond acceptors (Lipinski definition) is 1. The number of unbranched alkanes of at least 4 members (excludes halogenated alkanes) is 1. The number of rotatable bonds is 4. The molecule has 0 N–H and O–H groups in total. The van der Waals surface area contributed by atoms with E-state index in [9.17, 15) is 0 Å². The molecule has 1 nitrogen and oxygen atoms in total. The standard InChI is InChI=1S/C11H14N/c1-2-3-9-12-10-11-7-5-4-6-8-11/h2,4-8,10H,3,9H2,1H3. The molecule has 1 heteroatoms. The molecule has 1 rings (SSSR count). The lowest BCUT2D eigenvalue weighted by molar-refractivity contribution is 0.950. The Morgan fingerprint density at radius 2 is 2.00 bits per heavy atom. The first-order valence-corrected chi connectivity index (χ1v) is 4.26. The second kappa shape index (κ2) is 5.53. The average Bonchev–Trinajstić information content (AvgIpc) is 2.14. The second-order valence-corrected chi connectivity index (χ2v) is 2.64. The van der Waals surface area contributed by atoms with Gasteiger partial charge in [0.15, 0.2) is 0 Å². The lowest BCUT2D eigenvalue weighted by Crippen LogP contribution is -1.83. The number of aliphatic imine (C=N–C) groups is 1. The SMILES string of the molecule is C[CH]CCN=Cc1ccccc1. The van der Waals surface area contributed by atoms with Gasteiger partial charge in [0.05, 0.1) is 0 Å². The van der Waals surface area contributed by atoms with Crippen LogP contribution in [0, 0.1) is 6.42 Å². The Labute approximate surface area is 74.2 Å². The Morgan fingerprint density at radius 3 is 2.67 bits per heavy atom. The van der Waals surface area contributed by atoms with Crippen LogP contribution in [0.3, 0.4) is 0 Å². The summed E-state index contributed by atoms with van der Waals surface area (Å²) < 4.78 is 0. The minimum atomic E-state index is 0.894. The van der Waals surface area contributed by atoms with Crippen molar-refractivity contribution in [1.82, 2.24) is 0 Å². The predicted molar refractivity (Wildman–Crippen MR) is 53.5 cm³/mol. The van der Waals surface area contributed by atoms with Crippen molar-refractivity contribution >= 4 is 6.21 Å². The third kappa shape index (κ3) is 3.33.